The van der Waals surface area contributed by atoms with Crippen LogP contribution in [-0.4, -0.2) is 33.0 Å². The fourth-order valence-corrected chi connectivity index (χ4v) is 4.00. The summed E-state index contributed by atoms with van der Waals surface area (Å²) < 4.78 is 33.8. The number of pyridine rings is 2. The Balaban J connectivity index is 1.91. The molecule has 3 aromatic rings. The molecule has 0 saturated heterocycles. The lowest BCUT2D eigenvalue weighted by Gasteiger charge is -2.36. The molecule has 0 radical (unpaired) electrons. The number of nitrogens with zero attached hydrogens (tertiary/aromatic N) is 4. The molecule has 9 heteroatoms. The maximum atomic E-state index is 13.1. The molecule has 3 rings (SSSR count). The maximum absolute atomic E-state index is 13.1. The fourth-order valence-electron chi connectivity index (χ4n) is 3.07. The summed E-state index contributed by atoms with van der Waals surface area (Å²) in [6.07, 6.45) is -2.30. The monoisotopic (exact) mass is 448 g/mol. The third kappa shape index (κ3) is 4.53. The number of aliphatic hydroxyl groups is 1. The molecule has 1 unspecified atom stereocenters. The first kappa shape index (κ1) is 23.4. The van der Waals surface area contributed by atoms with Gasteiger partial charge < -0.3 is 9.53 Å². The minimum Gasteiger partial charge on any atom is -0.411 e. The van der Waals surface area contributed by atoms with Crippen molar-refractivity contribution >= 4 is 14.0 Å². The van der Waals surface area contributed by atoms with Gasteiger partial charge in [0.1, 0.15) is 6.10 Å². The van der Waals surface area contributed by atoms with Crippen molar-refractivity contribution in [2.24, 2.45) is 0 Å². The predicted molar refractivity (Wildman–Crippen MR) is 118 cm³/mol. The highest BCUT2D eigenvalue weighted by molar-refractivity contribution is 6.74. The van der Waals surface area contributed by atoms with Crippen molar-refractivity contribution in [2.45, 2.75) is 71.9 Å². The molecule has 0 fully saturated rings. The highest BCUT2D eigenvalue weighted by atomic mass is 28.4. The van der Waals surface area contributed by atoms with E-state index in [-0.39, 0.29) is 5.04 Å². The van der Waals surface area contributed by atoms with E-state index in [0.29, 0.717) is 29.1 Å². The second-order valence-electron chi connectivity index (χ2n) is 9.40. The normalized spacial score (nSPS) is 13.9. The lowest BCUT2D eigenvalue weighted by atomic mass is 10.0. The van der Waals surface area contributed by atoms with Gasteiger partial charge in [0, 0.05) is 11.8 Å². The van der Waals surface area contributed by atoms with Gasteiger partial charge in [-0.3, -0.25) is 9.38 Å². The molecule has 31 heavy (non-hydrogen) atoms. The summed E-state index contributed by atoms with van der Waals surface area (Å²) in [5.74, 6) is -0.419. The Bertz CT molecular complexity index is 1090. The van der Waals surface area contributed by atoms with Gasteiger partial charge in [0.25, 0.3) is 6.43 Å². The van der Waals surface area contributed by atoms with Gasteiger partial charge in [-0.2, -0.15) is 0 Å². The lowest BCUT2D eigenvalue weighted by molar-refractivity contribution is 0.139. The van der Waals surface area contributed by atoms with Gasteiger partial charge in [-0.25, -0.2) is 8.78 Å². The van der Waals surface area contributed by atoms with E-state index in [2.05, 4.69) is 49.0 Å². The van der Waals surface area contributed by atoms with E-state index in [1.807, 2.05) is 13.0 Å². The van der Waals surface area contributed by atoms with Crippen LogP contribution in [0.1, 0.15) is 67.2 Å². The highest BCUT2D eigenvalue weighted by Gasteiger charge is 2.37. The van der Waals surface area contributed by atoms with Crippen LogP contribution in [0.3, 0.4) is 0 Å². The van der Waals surface area contributed by atoms with E-state index >= 15 is 0 Å². The Morgan fingerprint density at radius 1 is 1.13 bits per heavy atom. The number of aromatic nitrogens is 4. The predicted octanol–water partition coefficient (Wildman–Crippen LogP) is 5.28. The molecule has 1 N–H and O–H groups in total. The first-order valence-corrected chi connectivity index (χ1v) is 13.1. The molecule has 0 aromatic carbocycles. The number of halogens is 2. The fraction of sp³-hybridized carbons (Fsp3) is 0.500. The summed E-state index contributed by atoms with van der Waals surface area (Å²) in [5.41, 5.74) is 3.66. The number of hydrogen-bond acceptors (Lipinski definition) is 5. The minimum atomic E-state index is -2.73. The van der Waals surface area contributed by atoms with Crippen LogP contribution in [-0.2, 0) is 11.0 Å². The zero-order chi connectivity index (χ0) is 23.1. The largest absolute Gasteiger partial charge is 0.411 e. The molecular weight excluding hydrogens is 418 g/mol. The van der Waals surface area contributed by atoms with Crippen LogP contribution in [0, 0.1) is 13.8 Å². The first-order chi connectivity index (χ1) is 14.3. The maximum Gasteiger partial charge on any atom is 0.297 e. The van der Waals surface area contributed by atoms with E-state index < -0.39 is 26.7 Å². The summed E-state index contributed by atoms with van der Waals surface area (Å²) in [7, 11) is -1.95. The van der Waals surface area contributed by atoms with Crippen molar-refractivity contribution in [1.29, 1.82) is 0 Å². The zero-order valence-corrected chi connectivity index (χ0v) is 20.1. The number of fused-ring (bicyclic) bond motifs is 1. The Hall–Kier alpha value is -2.23. The van der Waals surface area contributed by atoms with Crippen LogP contribution < -0.4 is 0 Å². The van der Waals surface area contributed by atoms with Crippen molar-refractivity contribution in [2.75, 3.05) is 0 Å². The number of alkyl halides is 2. The van der Waals surface area contributed by atoms with E-state index in [9.17, 15) is 13.9 Å². The Morgan fingerprint density at radius 2 is 1.81 bits per heavy atom. The second kappa shape index (κ2) is 8.37. The molecule has 0 aliphatic heterocycles. The van der Waals surface area contributed by atoms with Gasteiger partial charge in [0.15, 0.2) is 14.0 Å². The molecule has 1 atom stereocenters. The van der Waals surface area contributed by atoms with Gasteiger partial charge in [-0.15, -0.1) is 10.2 Å². The van der Waals surface area contributed by atoms with Crippen LogP contribution in [0.25, 0.3) is 5.65 Å². The Labute approximate surface area is 182 Å². The van der Waals surface area contributed by atoms with Crippen molar-refractivity contribution in [3.05, 3.63) is 58.3 Å². The van der Waals surface area contributed by atoms with Crippen LogP contribution in [0.2, 0.25) is 18.1 Å². The van der Waals surface area contributed by atoms with Crippen molar-refractivity contribution in [3.8, 4) is 0 Å². The topological polar surface area (TPSA) is 72.5 Å². The average Bonchev–Trinajstić information content (AvgIpc) is 3.11. The van der Waals surface area contributed by atoms with Crippen LogP contribution >= 0.6 is 0 Å². The third-order valence-corrected chi connectivity index (χ3v) is 10.7. The molecule has 168 valence electrons. The summed E-state index contributed by atoms with van der Waals surface area (Å²) in [6.45, 7) is 15.0. The molecule has 0 aliphatic rings. The van der Waals surface area contributed by atoms with Crippen molar-refractivity contribution in [3.63, 3.8) is 0 Å². The first-order valence-electron chi connectivity index (χ1n) is 10.2. The van der Waals surface area contributed by atoms with Crippen LogP contribution in [0.5, 0.6) is 0 Å². The molecule has 0 saturated carbocycles. The quantitative estimate of drug-likeness (QED) is 0.519. The van der Waals surface area contributed by atoms with Crippen LogP contribution in [0.4, 0.5) is 8.78 Å². The van der Waals surface area contributed by atoms with E-state index in [1.54, 1.807) is 19.1 Å². The summed E-state index contributed by atoms with van der Waals surface area (Å²) in [4.78, 5) is 4.67. The number of hydrogen-bond donors (Lipinski definition) is 1. The molecule has 3 heterocycles. The van der Waals surface area contributed by atoms with E-state index in [4.69, 9.17) is 4.43 Å². The lowest BCUT2D eigenvalue weighted by Crippen LogP contribution is -2.40. The zero-order valence-electron chi connectivity index (χ0n) is 19.1. The minimum absolute atomic E-state index is 0.0832. The molecule has 0 spiro atoms. The average molecular weight is 449 g/mol. The standard InChI is InChI=1S/C22H30F2N4O2Si/c1-13-8-9-16(25-17(13)12-30-31(6,7)22(3,4)5)18(29)15-10-11-28-20(14(15)2)26-27-21(28)19(23)24/h8-11,18-19,29H,12H2,1-7H3. The SMILES string of the molecule is Cc1ccc(C(O)c2ccn3c(C(F)F)nnc3c2C)nc1CO[Si](C)(C)C(C)(C)C. The van der Waals surface area contributed by atoms with Gasteiger partial charge >= 0.3 is 0 Å². The van der Waals surface area contributed by atoms with Gasteiger partial charge in [0.2, 0.25) is 5.82 Å². The highest BCUT2D eigenvalue weighted by Crippen LogP contribution is 2.37. The molecule has 0 bridgehead atoms. The summed E-state index contributed by atoms with van der Waals surface area (Å²) in [5, 5.41) is 18.6. The number of aryl methyl sites for hydroxylation is 2. The smallest absolute Gasteiger partial charge is 0.297 e. The molecule has 0 amide bonds. The Morgan fingerprint density at radius 3 is 2.42 bits per heavy atom. The molecule has 0 aliphatic carbocycles. The second-order valence-corrected chi connectivity index (χ2v) is 14.2. The molecular formula is C22H30F2N4O2Si. The summed E-state index contributed by atoms with van der Waals surface area (Å²) in [6, 6.07) is 5.29. The van der Waals surface area contributed by atoms with Crippen molar-refractivity contribution < 1.29 is 18.3 Å². The van der Waals surface area contributed by atoms with Crippen molar-refractivity contribution in [1.82, 2.24) is 19.6 Å². The van der Waals surface area contributed by atoms with Crippen LogP contribution in [0.15, 0.2) is 24.4 Å². The summed E-state index contributed by atoms with van der Waals surface area (Å²) >= 11 is 0. The number of aliphatic hydroxyl groups excluding tert-OH is 1. The van der Waals surface area contributed by atoms with Gasteiger partial charge in [-0.1, -0.05) is 26.8 Å². The Kier molecular flexibility index (Phi) is 6.32. The molecule has 6 nitrogen and oxygen atoms in total. The third-order valence-electron chi connectivity index (χ3n) is 6.26. The number of rotatable bonds is 6. The van der Waals surface area contributed by atoms with Gasteiger partial charge in [0.05, 0.1) is 18.0 Å². The molecule has 3 aromatic heterocycles. The van der Waals surface area contributed by atoms with E-state index in [0.717, 1.165) is 11.3 Å². The van der Waals surface area contributed by atoms with E-state index in [1.165, 1.54) is 10.6 Å². The van der Waals surface area contributed by atoms with Gasteiger partial charge in [-0.05, 0) is 55.2 Å².